The summed E-state index contributed by atoms with van der Waals surface area (Å²) in [5.41, 5.74) is 7.34. The summed E-state index contributed by atoms with van der Waals surface area (Å²) < 4.78 is 2.53. The second-order valence-corrected chi connectivity index (χ2v) is 10.4. The minimum Gasteiger partial charge on any atom is -0.264 e. The molecule has 0 aliphatic heterocycles. The summed E-state index contributed by atoms with van der Waals surface area (Å²) in [5.74, 6) is 0.653. The minimum absolute atomic E-state index is 0.619. The van der Waals surface area contributed by atoms with Crippen molar-refractivity contribution in [3.8, 4) is 51.1 Å². The van der Waals surface area contributed by atoms with Gasteiger partial charge in [0.1, 0.15) is 0 Å². The molecule has 0 spiro atoms. The van der Waals surface area contributed by atoms with Gasteiger partial charge in [-0.3, -0.25) is 4.98 Å². The van der Waals surface area contributed by atoms with Crippen LogP contribution in [0.4, 0.5) is 0 Å². The largest absolute Gasteiger partial charge is 0.264 e. The van der Waals surface area contributed by atoms with Crippen LogP contribution in [-0.2, 0) is 0 Å². The lowest BCUT2D eigenvalue weighted by molar-refractivity contribution is 1.18. The zero-order valence-corrected chi connectivity index (χ0v) is 21.6. The van der Waals surface area contributed by atoms with Crippen LogP contribution in [-0.4, -0.2) is 15.0 Å². The van der Waals surface area contributed by atoms with Crippen molar-refractivity contribution in [1.82, 2.24) is 15.0 Å². The molecule has 0 amide bonds. The average molecular weight is 517 g/mol. The van der Waals surface area contributed by atoms with Crippen LogP contribution in [0.5, 0.6) is 0 Å². The predicted octanol–water partition coefficient (Wildman–Crippen LogP) is 8.78. The molecular formula is C34H20N4S. The monoisotopic (exact) mass is 516 g/mol. The second-order valence-electron chi connectivity index (χ2n) is 9.28. The molecule has 4 nitrogen and oxygen atoms in total. The van der Waals surface area contributed by atoms with E-state index in [4.69, 9.17) is 9.97 Å². The number of hydrogen-bond acceptors (Lipinski definition) is 5. The van der Waals surface area contributed by atoms with Crippen LogP contribution in [0.15, 0.2) is 122 Å². The fourth-order valence-corrected chi connectivity index (χ4v) is 5.90. The molecule has 0 aliphatic rings. The van der Waals surface area contributed by atoms with E-state index in [-0.39, 0.29) is 0 Å². The highest BCUT2D eigenvalue weighted by Crippen LogP contribution is 2.37. The van der Waals surface area contributed by atoms with Crippen LogP contribution < -0.4 is 0 Å². The van der Waals surface area contributed by atoms with E-state index in [1.54, 1.807) is 17.5 Å². The quantitative estimate of drug-likeness (QED) is 0.235. The smallest absolute Gasteiger partial charge is 0.160 e. The molecule has 39 heavy (non-hydrogen) atoms. The molecule has 7 rings (SSSR count). The van der Waals surface area contributed by atoms with Crippen LogP contribution in [0.25, 0.3) is 65.2 Å². The molecule has 0 atom stereocenters. The Bertz CT molecular complexity index is 2000. The van der Waals surface area contributed by atoms with Gasteiger partial charge in [-0.2, -0.15) is 5.26 Å². The summed E-state index contributed by atoms with van der Waals surface area (Å²) in [6, 6.07) is 39.1. The van der Waals surface area contributed by atoms with Crippen molar-refractivity contribution in [2.75, 3.05) is 0 Å². The van der Waals surface area contributed by atoms with E-state index in [1.165, 1.54) is 20.2 Å². The van der Waals surface area contributed by atoms with Crippen LogP contribution in [0.3, 0.4) is 0 Å². The van der Waals surface area contributed by atoms with Crippen molar-refractivity contribution in [1.29, 1.82) is 5.26 Å². The number of hydrogen-bond donors (Lipinski definition) is 0. The van der Waals surface area contributed by atoms with E-state index in [9.17, 15) is 5.26 Å². The maximum absolute atomic E-state index is 9.25. The van der Waals surface area contributed by atoms with Gasteiger partial charge in [-0.15, -0.1) is 11.3 Å². The highest BCUT2D eigenvalue weighted by molar-refractivity contribution is 7.25. The standard InChI is InChI=1S/C34H20N4S/c35-20-22-7-9-24(10-8-22)30-19-31(26-15-16-33-29(18-26)28-5-1-2-6-32(28)39-33)38-34(37-30)25-13-11-23(12-14-25)27-4-3-17-36-21-27/h1-19,21H. The lowest BCUT2D eigenvalue weighted by Crippen LogP contribution is -1.96. The van der Waals surface area contributed by atoms with E-state index in [1.807, 2.05) is 48.7 Å². The van der Waals surface area contributed by atoms with E-state index in [2.05, 4.69) is 77.8 Å². The first-order valence-electron chi connectivity index (χ1n) is 12.6. The number of rotatable bonds is 4. The molecule has 0 N–H and O–H groups in total. The Hall–Kier alpha value is -5.18. The normalized spacial score (nSPS) is 11.1. The summed E-state index contributed by atoms with van der Waals surface area (Å²) >= 11 is 1.80. The first-order valence-corrected chi connectivity index (χ1v) is 13.4. The van der Waals surface area contributed by atoms with Crippen molar-refractivity contribution in [3.63, 3.8) is 0 Å². The van der Waals surface area contributed by atoms with Gasteiger partial charge in [0.05, 0.1) is 23.0 Å². The average Bonchev–Trinajstić information content (AvgIpc) is 3.39. The fourth-order valence-electron chi connectivity index (χ4n) is 4.82. The maximum atomic E-state index is 9.25. The molecule has 182 valence electrons. The highest BCUT2D eigenvalue weighted by Gasteiger charge is 2.13. The van der Waals surface area contributed by atoms with E-state index in [0.717, 1.165) is 39.2 Å². The molecule has 0 aliphatic carbocycles. The van der Waals surface area contributed by atoms with Crippen LogP contribution in [0, 0.1) is 11.3 Å². The predicted molar refractivity (Wildman–Crippen MR) is 159 cm³/mol. The lowest BCUT2D eigenvalue weighted by atomic mass is 10.0. The first-order chi connectivity index (χ1) is 19.2. The van der Waals surface area contributed by atoms with Gasteiger partial charge in [-0.25, -0.2) is 9.97 Å². The summed E-state index contributed by atoms with van der Waals surface area (Å²) in [4.78, 5) is 14.2. The van der Waals surface area contributed by atoms with Crippen molar-refractivity contribution in [3.05, 3.63) is 127 Å². The van der Waals surface area contributed by atoms with Crippen LogP contribution in [0.2, 0.25) is 0 Å². The molecule has 7 aromatic rings. The topological polar surface area (TPSA) is 62.5 Å². The Morgan fingerprint density at radius 1 is 0.564 bits per heavy atom. The third-order valence-electron chi connectivity index (χ3n) is 6.85. The molecular weight excluding hydrogens is 496 g/mol. The Labute approximate surface area is 229 Å². The Morgan fingerprint density at radius 3 is 2.03 bits per heavy atom. The second kappa shape index (κ2) is 9.60. The molecule has 0 bridgehead atoms. The molecule has 5 heteroatoms. The Morgan fingerprint density at radius 2 is 1.26 bits per heavy atom. The number of pyridine rings is 1. The van der Waals surface area contributed by atoms with Gasteiger partial charge < -0.3 is 0 Å². The van der Waals surface area contributed by atoms with Gasteiger partial charge >= 0.3 is 0 Å². The third-order valence-corrected chi connectivity index (χ3v) is 8.00. The van der Waals surface area contributed by atoms with E-state index in [0.29, 0.717) is 11.4 Å². The van der Waals surface area contributed by atoms with Crippen LogP contribution in [0.1, 0.15) is 5.56 Å². The summed E-state index contributed by atoms with van der Waals surface area (Å²) in [6.07, 6.45) is 3.64. The number of benzene rings is 4. The molecule has 0 unspecified atom stereocenters. The molecule has 0 radical (unpaired) electrons. The molecule has 0 saturated heterocycles. The molecule has 3 aromatic heterocycles. The number of aromatic nitrogens is 3. The van der Waals surface area contributed by atoms with E-state index >= 15 is 0 Å². The fraction of sp³-hybridized carbons (Fsp3) is 0. The Balaban J connectivity index is 1.37. The molecule has 4 aromatic carbocycles. The van der Waals surface area contributed by atoms with E-state index < -0.39 is 0 Å². The summed E-state index contributed by atoms with van der Waals surface area (Å²) in [7, 11) is 0. The van der Waals surface area contributed by atoms with Gasteiger partial charge in [-0.05, 0) is 53.6 Å². The van der Waals surface area contributed by atoms with Gasteiger partial charge in [-0.1, -0.05) is 66.7 Å². The lowest BCUT2D eigenvalue weighted by Gasteiger charge is -2.10. The summed E-state index contributed by atoms with van der Waals surface area (Å²) in [5, 5.41) is 11.7. The van der Waals surface area contributed by atoms with Crippen molar-refractivity contribution in [2.24, 2.45) is 0 Å². The zero-order valence-electron chi connectivity index (χ0n) is 20.7. The van der Waals surface area contributed by atoms with Crippen LogP contribution >= 0.6 is 11.3 Å². The van der Waals surface area contributed by atoms with Gasteiger partial charge in [0.25, 0.3) is 0 Å². The van der Waals surface area contributed by atoms with Gasteiger partial charge in [0, 0.05) is 49.3 Å². The van der Waals surface area contributed by atoms with Crippen molar-refractivity contribution in [2.45, 2.75) is 0 Å². The minimum atomic E-state index is 0.619. The molecule has 0 fully saturated rings. The number of nitrogens with zero attached hydrogens (tertiary/aromatic N) is 4. The van der Waals surface area contributed by atoms with Crippen molar-refractivity contribution >= 4 is 31.5 Å². The zero-order chi connectivity index (χ0) is 26.2. The number of nitriles is 1. The summed E-state index contributed by atoms with van der Waals surface area (Å²) in [6.45, 7) is 0. The SMILES string of the molecule is N#Cc1ccc(-c2cc(-c3ccc4sc5ccccc5c4c3)nc(-c3ccc(-c4cccnc4)cc3)n2)cc1. The highest BCUT2D eigenvalue weighted by atomic mass is 32.1. The number of fused-ring (bicyclic) bond motifs is 3. The van der Waals surface area contributed by atoms with Gasteiger partial charge in [0.15, 0.2) is 5.82 Å². The molecule has 3 heterocycles. The third kappa shape index (κ3) is 4.33. The van der Waals surface area contributed by atoms with Crippen molar-refractivity contribution < 1.29 is 0 Å². The first kappa shape index (κ1) is 23.0. The molecule has 0 saturated carbocycles. The number of thiophene rings is 1. The maximum Gasteiger partial charge on any atom is 0.160 e. The Kier molecular flexibility index (Phi) is 5.66. The van der Waals surface area contributed by atoms with Gasteiger partial charge in [0.2, 0.25) is 0 Å².